The number of hydrogen-bond donors (Lipinski definition) is 1. The van der Waals surface area contributed by atoms with Crippen LogP contribution in [0.25, 0.3) is 10.8 Å². The second-order valence-corrected chi connectivity index (χ2v) is 5.86. The minimum atomic E-state index is -3.37. The number of allylic oxidation sites excluding steroid dienone is 2. The Morgan fingerprint density at radius 3 is 1.83 bits per heavy atom. The van der Waals surface area contributed by atoms with Crippen molar-refractivity contribution in [1.82, 2.24) is 4.72 Å². The van der Waals surface area contributed by atoms with E-state index in [1.165, 1.54) is 7.05 Å². The zero-order valence-electron chi connectivity index (χ0n) is 14.8. The van der Waals surface area contributed by atoms with Crippen molar-refractivity contribution < 1.29 is 8.42 Å². The van der Waals surface area contributed by atoms with Crippen molar-refractivity contribution in [3.8, 4) is 0 Å². The number of rotatable bonds is 2. The van der Waals surface area contributed by atoms with Crippen LogP contribution in [0.2, 0.25) is 0 Å². The molecule has 4 heteroatoms. The van der Waals surface area contributed by atoms with Crippen LogP contribution in [-0.2, 0) is 10.0 Å². The van der Waals surface area contributed by atoms with Gasteiger partial charge in [0.2, 0.25) is 10.0 Å². The Balaban J connectivity index is 0. The molecule has 2 aromatic carbocycles. The quantitative estimate of drug-likeness (QED) is 0.771. The first-order valence-electron chi connectivity index (χ1n) is 7.53. The number of hydrogen-bond acceptors (Lipinski definition) is 2. The van der Waals surface area contributed by atoms with E-state index in [0.29, 0.717) is 4.90 Å². The lowest BCUT2D eigenvalue weighted by atomic mass is 10.1. The first-order valence-corrected chi connectivity index (χ1v) is 9.02. The molecule has 0 heterocycles. The second-order valence-electron chi connectivity index (χ2n) is 4.00. The monoisotopic (exact) mass is 335 g/mol. The van der Waals surface area contributed by atoms with Gasteiger partial charge >= 0.3 is 0 Å². The highest BCUT2D eigenvalue weighted by atomic mass is 32.2. The Morgan fingerprint density at radius 1 is 0.913 bits per heavy atom. The fourth-order valence-corrected chi connectivity index (χ4v) is 2.49. The van der Waals surface area contributed by atoms with Gasteiger partial charge in [-0.25, -0.2) is 13.1 Å². The average molecular weight is 336 g/mol. The highest BCUT2D eigenvalue weighted by Crippen LogP contribution is 2.21. The lowest BCUT2D eigenvalue weighted by Gasteiger charge is -2.06. The van der Waals surface area contributed by atoms with Gasteiger partial charge in [-0.05, 0) is 32.3 Å². The molecule has 0 saturated carbocycles. The minimum absolute atomic E-state index is 0.322. The smallest absolute Gasteiger partial charge is 0.214 e. The second kappa shape index (κ2) is 13.7. The van der Waals surface area contributed by atoms with Crippen molar-refractivity contribution in [3.63, 3.8) is 0 Å². The molecule has 2 aromatic rings. The summed E-state index contributed by atoms with van der Waals surface area (Å²) in [6.07, 6.45) is 3.50. The molecule has 0 fully saturated rings. The molecule has 0 amide bonds. The fraction of sp³-hybridized carbons (Fsp3) is 0.263. The van der Waals surface area contributed by atoms with E-state index in [4.69, 9.17) is 0 Å². The molecule has 0 aliphatic heterocycles. The summed E-state index contributed by atoms with van der Waals surface area (Å²) in [5.41, 5.74) is 0. The largest absolute Gasteiger partial charge is 0.240 e. The molecule has 0 spiro atoms. The molecular formula is C19H29NO2S. The molecule has 3 nitrogen and oxygen atoms in total. The first-order chi connectivity index (χ1) is 11.0. The first kappa shape index (κ1) is 23.4. The molecule has 2 rings (SSSR count). The van der Waals surface area contributed by atoms with Gasteiger partial charge in [0.15, 0.2) is 0 Å². The number of fused-ring (bicyclic) bond motifs is 1. The third-order valence-electron chi connectivity index (χ3n) is 2.31. The van der Waals surface area contributed by atoms with Crippen molar-refractivity contribution >= 4 is 20.8 Å². The lowest BCUT2D eigenvalue weighted by Crippen LogP contribution is -2.18. The van der Waals surface area contributed by atoms with Crippen molar-refractivity contribution in [2.75, 3.05) is 7.05 Å². The van der Waals surface area contributed by atoms with E-state index in [1.807, 2.05) is 52.0 Å². The van der Waals surface area contributed by atoms with Crippen LogP contribution < -0.4 is 4.72 Å². The summed E-state index contributed by atoms with van der Waals surface area (Å²) in [5, 5.41) is 1.67. The van der Waals surface area contributed by atoms with Crippen LogP contribution in [0.15, 0.2) is 72.7 Å². The molecule has 128 valence electrons. The molecule has 23 heavy (non-hydrogen) atoms. The summed E-state index contributed by atoms with van der Waals surface area (Å²) in [7, 11) is -1.96. The molecule has 0 saturated heterocycles. The molecule has 0 aliphatic rings. The van der Waals surface area contributed by atoms with E-state index < -0.39 is 10.0 Å². The van der Waals surface area contributed by atoms with E-state index in [-0.39, 0.29) is 0 Å². The van der Waals surface area contributed by atoms with Crippen molar-refractivity contribution in [2.45, 2.75) is 32.6 Å². The summed E-state index contributed by atoms with van der Waals surface area (Å²) < 4.78 is 25.7. The summed E-state index contributed by atoms with van der Waals surface area (Å²) in [6, 6.07) is 12.7. The van der Waals surface area contributed by atoms with E-state index >= 15 is 0 Å². The zero-order chi connectivity index (χ0) is 18.3. The standard InChI is InChI=1S/C11H11NO2S.2C3H6.C2H6/c1-12-15(13,14)11-8-4-6-9-5-2-3-7-10(9)11;2*1-3-2;1-2/h2-8,12H,1H3;2*3H,1H2,2H3;1-2H3. The summed E-state index contributed by atoms with van der Waals surface area (Å²) in [4.78, 5) is 0.322. The topological polar surface area (TPSA) is 46.2 Å². The van der Waals surface area contributed by atoms with Gasteiger partial charge in [0, 0.05) is 5.39 Å². The highest BCUT2D eigenvalue weighted by molar-refractivity contribution is 7.89. The van der Waals surface area contributed by atoms with Crippen molar-refractivity contribution in [3.05, 3.63) is 67.8 Å². The molecule has 0 radical (unpaired) electrons. The van der Waals surface area contributed by atoms with Crippen LogP contribution in [0.1, 0.15) is 27.7 Å². The van der Waals surface area contributed by atoms with Gasteiger partial charge in [-0.1, -0.05) is 62.4 Å². The third kappa shape index (κ3) is 8.33. The van der Waals surface area contributed by atoms with Crippen molar-refractivity contribution in [1.29, 1.82) is 0 Å². The van der Waals surface area contributed by atoms with Gasteiger partial charge in [0.1, 0.15) is 0 Å². The Bertz CT molecular complexity index is 665. The van der Waals surface area contributed by atoms with Crippen LogP contribution in [0.3, 0.4) is 0 Å². The molecular weight excluding hydrogens is 306 g/mol. The highest BCUT2D eigenvalue weighted by Gasteiger charge is 2.13. The molecule has 0 aromatic heterocycles. The Morgan fingerprint density at radius 2 is 1.35 bits per heavy atom. The molecule has 1 N–H and O–H groups in total. The van der Waals surface area contributed by atoms with E-state index in [0.717, 1.165) is 10.8 Å². The summed E-state index contributed by atoms with van der Waals surface area (Å²) in [5.74, 6) is 0. The average Bonchev–Trinajstić information content (AvgIpc) is 2.57. The Hall–Kier alpha value is -1.91. The third-order valence-corrected chi connectivity index (χ3v) is 3.78. The van der Waals surface area contributed by atoms with Gasteiger partial charge in [-0.15, -0.1) is 13.2 Å². The van der Waals surface area contributed by atoms with E-state index in [9.17, 15) is 8.42 Å². The molecule has 0 aliphatic carbocycles. The van der Waals surface area contributed by atoms with Crippen LogP contribution in [0.5, 0.6) is 0 Å². The SMILES string of the molecule is C=CC.C=CC.CC.CNS(=O)(=O)c1cccc2ccccc12. The Kier molecular flexibility index (Phi) is 13.9. The maximum absolute atomic E-state index is 11.7. The van der Waals surface area contributed by atoms with Crippen molar-refractivity contribution in [2.24, 2.45) is 0 Å². The van der Waals surface area contributed by atoms with Crippen LogP contribution >= 0.6 is 0 Å². The normalized spacial score (nSPS) is 9.09. The molecule has 0 atom stereocenters. The number of benzene rings is 2. The number of sulfonamides is 1. The fourth-order valence-electron chi connectivity index (χ4n) is 1.54. The van der Waals surface area contributed by atoms with Gasteiger partial charge in [-0.2, -0.15) is 0 Å². The van der Waals surface area contributed by atoms with Crippen LogP contribution in [0, 0.1) is 0 Å². The summed E-state index contributed by atoms with van der Waals surface area (Å²) in [6.45, 7) is 14.5. The predicted octanol–water partition coefficient (Wildman–Crippen LogP) is 5.16. The number of nitrogens with one attached hydrogen (secondary N) is 1. The molecule has 0 unspecified atom stereocenters. The van der Waals surface area contributed by atoms with Gasteiger partial charge in [-0.3, -0.25) is 0 Å². The van der Waals surface area contributed by atoms with Gasteiger partial charge in [0.25, 0.3) is 0 Å². The molecule has 0 bridgehead atoms. The van der Waals surface area contributed by atoms with Gasteiger partial charge in [0.05, 0.1) is 4.90 Å². The maximum atomic E-state index is 11.7. The van der Waals surface area contributed by atoms with Crippen LogP contribution in [0.4, 0.5) is 0 Å². The maximum Gasteiger partial charge on any atom is 0.240 e. The van der Waals surface area contributed by atoms with E-state index in [1.54, 1.807) is 30.4 Å². The zero-order valence-corrected chi connectivity index (χ0v) is 15.7. The van der Waals surface area contributed by atoms with Crippen LogP contribution in [-0.4, -0.2) is 15.5 Å². The van der Waals surface area contributed by atoms with E-state index in [2.05, 4.69) is 17.9 Å². The van der Waals surface area contributed by atoms with Gasteiger partial charge < -0.3 is 0 Å². The predicted molar refractivity (Wildman–Crippen MR) is 103 cm³/mol. The summed E-state index contributed by atoms with van der Waals surface area (Å²) >= 11 is 0. The lowest BCUT2D eigenvalue weighted by molar-refractivity contribution is 0.589. The minimum Gasteiger partial charge on any atom is -0.214 e. The Labute approximate surface area is 141 Å².